The van der Waals surface area contributed by atoms with E-state index in [1.54, 1.807) is 0 Å². The number of benzene rings is 2. The zero-order chi connectivity index (χ0) is 33.8. The summed E-state index contributed by atoms with van der Waals surface area (Å²) >= 11 is 3.66. The van der Waals surface area contributed by atoms with Crippen LogP contribution in [0, 0.1) is 0 Å². The maximum absolute atomic E-state index is 12.5. The first-order chi connectivity index (χ1) is 19.9. The molecule has 248 valence electrons. The van der Waals surface area contributed by atoms with Gasteiger partial charge >= 0.3 is 0 Å². The van der Waals surface area contributed by atoms with Gasteiger partial charge < -0.3 is 25.4 Å². The molecule has 0 spiro atoms. The Bertz CT molecular complexity index is 1210. The zero-order valence-corrected chi connectivity index (χ0v) is 30.9. The minimum atomic E-state index is -0.999. The molecule has 0 aliphatic carbocycles. The summed E-state index contributed by atoms with van der Waals surface area (Å²) < 4.78 is 6.21. The highest BCUT2D eigenvalue weighted by Crippen LogP contribution is 2.45. The highest BCUT2D eigenvalue weighted by Gasteiger charge is 2.30. The topological polar surface area (TPSA) is 99.0 Å². The molecule has 0 bridgehead atoms. The van der Waals surface area contributed by atoms with Gasteiger partial charge in [0.25, 0.3) is 5.91 Å². The van der Waals surface area contributed by atoms with Gasteiger partial charge in [-0.15, -0.1) is 23.5 Å². The summed E-state index contributed by atoms with van der Waals surface area (Å²) in [5.41, 5.74) is 3.24. The van der Waals surface area contributed by atoms with E-state index in [-0.39, 0.29) is 40.7 Å². The number of thioether (sulfide) groups is 2. The van der Waals surface area contributed by atoms with Crippen molar-refractivity contribution < 1.29 is 24.9 Å². The fraction of sp³-hybridized carbons (Fsp3) is 0.639. The predicted molar refractivity (Wildman–Crippen MR) is 187 cm³/mol. The molecule has 0 aliphatic heterocycles. The number of hydrogen-bond donors (Lipinski definition) is 4. The third kappa shape index (κ3) is 10.9. The first kappa shape index (κ1) is 38.3. The standard InChI is InChI=1S/C36H57NO5S2/c1-22(44-25-16-26(33(2,3)4)31(41)27(17-25)34(5,6)7)21-43-24-14-28(35(8,9)10)32(29(15-24)36(11,12)13)42-20-30(40)37-18-23(39)19-38/h14-17,22-23,38-39,41H,18-21H2,1-13H3,(H,37,40). The van der Waals surface area contributed by atoms with E-state index in [9.17, 15) is 15.0 Å². The van der Waals surface area contributed by atoms with Crippen LogP contribution in [0.1, 0.15) is 112 Å². The molecule has 8 heteroatoms. The lowest BCUT2D eigenvalue weighted by molar-refractivity contribution is -0.123. The Hall–Kier alpha value is -1.87. The SMILES string of the molecule is CC(CSc1cc(C(C)(C)C)c(OCC(=O)NCC(O)CO)c(C(C)(C)C)c1)Sc1cc(C(C)(C)C)c(O)c(C(C)(C)C)c1. The number of carbonyl (C=O) groups excluding carboxylic acids is 1. The molecular weight excluding hydrogens is 591 g/mol. The maximum atomic E-state index is 12.5. The third-order valence-corrected chi connectivity index (χ3v) is 9.82. The molecule has 2 atom stereocenters. The van der Waals surface area contributed by atoms with Crippen LogP contribution in [0.5, 0.6) is 11.5 Å². The normalized spacial score (nSPS) is 14.3. The molecule has 0 saturated heterocycles. The first-order valence-electron chi connectivity index (χ1n) is 15.5. The van der Waals surface area contributed by atoms with Crippen molar-refractivity contribution in [3.05, 3.63) is 46.5 Å². The predicted octanol–water partition coefficient (Wildman–Crippen LogP) is 7.70. The van der Waals surface area contributed by atoms with E-state index >= 15 is 0 Å². The Kier molecular flexibility index (Phi) is 12.8. The first-order valence-corrected chi connectivity index (χ1v) is 17.4. The summed E-state index contributed by atoms with van der Waals surface area (Å²) in [6, 6.07) is 8.68. The number of aromatic hydroxyl groups is 1. The van der Waals surface area contributed by atoms with E-state index in [0.29, 0.717) is 11.0 Å². The molecule has 2 aromatic carbocycles. The number of nitrogens with one attached hydrogen (secondary N) is 1. The summed E-state index contributed by atoms with van der Waals surface area (Å²) in [5.74, 6) is 1.68. The number of hydrogen-bond acceptors (Lipinski definition) is 7. The second-order valence-corrected chi connectivity index (χ2v) is 18.5. The largest absolute Gasteiger partial charge is 0.507 e. The van der Waals surface area contributed by atoms with Crippen molar-refractivity contribution >= 4 is 29.4 Å². The van der Waals surface area contributed by atoms with Crippen molar-refractivity contribution in [2.24, 2.45) is 0 Å². The van der Waals surface area contributed by atoms with Crippen molar-refractivity contribution in [3.63, 3.8) is 0 Å². The number of phenols is 1. The van der Waals surface area contributed by atoms with Gasteiger partial charge in [0, 0.05) is 49.6 Å². The van der Waals surface area contributed by atoms with Gasteiger partial charge in [0.15, 0.2) is 6.61 Å². The fourth-order valence-electron chi connectivity index (χ4n) is 4.74. The molecule has 0 aromatic heterocycles. The van der Waals surface area contributed by atoms with Gasteiger partial charge in [-0.25, -0.2) is 0 Å². The average Bonchev–Trinajstić information content (AvgIpc) is 2.87. The summed E-state index contributed by atoms with van der Waals surface area (Å²) in [4.78, 5) is 14.8. The van der Waals surface area contributed by atoms with Crippen LogP contribution >= 0.6 is 23.5 Å². The van der Waals surface area contributed by atoms with E-state index in [4.69, 9.17) is 9.84 Å². The Labute approximate surface area is 275 Å². The Morgan fingerprint density at radius 2 is 1.23 bits per heavy atom. The fourth-order valence-corrected chi connectivity index (χ4v) is 6.88. The van der Waals surface area contributed by atoms with E-state index in [1.807, 2.05) is 23.5 Å². The number of aliphatic hydroxyl groups excluding tert-OH is 2. The second kappa shape index (κ2) is 14.7. The summed E-state index contributed by atoms with van der Waals surface area (Å²) in [7, 11) is 0. The molecule has 0 saturated carbocycles. The van der Waals surface area contributed by atoms with Gasteiger partial charge in [-0.2, -0.15) is 0 Å². The minimum Gasteiger partial charge on any atom is -0.507 e. The summed E-state index contributed by atoms with van der Waals surface area (Å²) in [6.07, 6.45) is -0.999. The van der Waals surface area contributed by atoms with Crippen LogP contribution in [0.25, 0.3) is 0 Å². The number of aliphatic hydroxyl groups is 2. The molecule has 2 aromatic rings. The number of carbonyl (C=O) groups is 1. The molecule has 4 N–H and O–H groups in total. The Morgan fingerprint density at radius 1 is 0.795 bits per heavy atom. The van der Waals surface area contributed by atoms with Crippen molar-refractivity contribution in [1.29, 1.82) is 0 Å². The van der Waals surface area contributed by atoms with Gasteiger partial charge in [-0.3, -0.25) is 4.79 Å². The monoisotopic (exact) mass is 647 g/mol. The lowest BCUT2D eigenvalue weighted by atomic mass is 9.79. The van der Waals surface area contributed by atoms with Crippen LogP contribution in [0.4, 0.5) is 0 Å². The van der Waals surface area contributed by atoms with Gasteiger partial charge in [-0.1, -0.05) is 90.0 Å². The molecule has 1 amide bonds. The summed E-state index contributed by atoms with van der Waals surface area (Å²) in [5, 5.41) is 32.7. The van der Waals surface area contributed by atoms with Gasteiger partial charge in [-0.05, 0) is 45.9 Å². The molecule has 44 heavy (non-hydrogen) atoms. The number of ether oxygens (including phenoxy) is 1. The average molecular weight is 648 g/mol. The van der Waals surface area contributed by atoms with Crippen LogP contribution in [0.2, 0.25) is 0 Å². The van der Waals surface area contributed by atoms with E-state index < -0.39 is 12.7 Å². The molecule has 6 nitrogen and oxygen atoms in total. The lowest BCUT2D eigenvalue weighted by Gasteiger charge is -2.30. The van der Waals surface area contributed by atoms with E-state index in [2.05, 4.69) is 120 Å². The number of amides is 1. The third-order valence-electron chi connectivity index (χ3n) is 7.29. The zero-order valence-electron chi connectivity index (χ0n) is 29.3. The minimum absolute atomic E-state index is 0.0259. The van der Waals surface area contributed by atoms with E-state index in [0.717, 1.165) is 38.7 Å². The Morgan fingerprint density at radius 3 is 1.64 bits per heavy atom. The molecule has 0 fully saturated rings. The van der Waals surface area contributed by atoms with Crippen LogP contribution in [0.3, 0.4) is 0 Å². The highest BCUT2D eigenvalue weighted by atomic mass is 32.2. The van der Waals surface area contributed by atoms with Crippen LogP contribution in [0.15, 0.2) is 34.1 Å². The quantitative estimate of drug-likeness (QED) is 0.186. The molecule has 2 rings (SSSR count). The lowest BCUT2D eigenvalue weighted by Crippen LogP contribution is -2.37. The highest BCUT2D eigenvalue weighted by molar-refractivity contribution is 8.03. The molecule has 0 aliphatic rings. The van der Waals surface area contributed by atoms with Crippen molar-refractivity contribution in [1.82, 2.24) is 5.32 Å². The van der Waals surface area contributed by atoms with Gasteiger partial charge in [0.05, 0.1) is 12.7 Å². The Balaban J connectivity index is 2.36. The van der Waals surface area contributed by atoms with Gasteiger partial charge in [0.1, 0.15) is 11.5 Å². The van der Waals surface area contributed by atoms with Crippen molar-refractivity contribution in [3.8, 4) is 11.5 Å². The van der Waals surface area contributed by atoms with Crippen LogP contribution in [-0.2, 0) is 26.5 Å². The van der Waals surface area contributed by atoms with Gasteiger partial charge in [0.2, 0.25) is 0 Å². The number of rotatable bonds is 11. The molecule has 0 heterocycles. The maximum Gasteiger partial charge on any atom is 0.258 e. The molecule has 0 radical (unpaired) electrons. The summed E-state index contributed by atoms with van der Waals surface area (Å²) in [6.45, 7) is 27.4. The van der Waals surface area contributed by atoms with Crippen molar-refractivity contribution in [2.75, 3.05) is 25.5 Å². The smallest absolute Gasteiger partial charge is 0.258 e. The molecule has 2 unspecified atom stereocenters. The van der Waals surface area contributed by atoms with Crippen LogP contribution in [-0.4, -0.2) is 58.1 Å². The number of phenolic OH excluding ortho intramolecular Hbond substituents is 1. The van der Waals surface area contributed by atoms with Crippen molar-refractivity contribution in [2.45, 2.75) is 133 Å². The van der Waals surface area contributed by atoms with E-state index in [1.165, 1.54) is 4.90 Å². The molecular formula is C36H57NO5S2. The second-order valence-electron chi connectivity index (χ2n) is 15.9. The van der Waals surface area contributed by atoms with Crippen LogP contribution < -0.4 is 10.1 Å².